The first-order valence-corrected chi connectivity index (χ1v) is 4.32. The second-order valence-corrected chi connectivity index (χ2v) is 4.24. The van der Waals surface area contributed by atoms with E-state index in [1.54, 1.807) is 0 Å². The minimum Gasteiger partial charge on any atom is -0.425 e. The number of hydrogen-bond acceptors (Lipinski definition) is 4. The van der Waals surface area contributed by atoms with Crippen molar-refractivity contribution in [3.63, 3.8) is 0 Å². The molecule has 0 unspecified atom stereocenters. The lowest BCUT2D eigenvalue weighted by atomic mass is 10.1. The number of fused-ring (bicyclic) bond motifs is 1. The first-order chi connectivity index (χ1) is 5.94. The highest BCUT2D eigenvalue weighted by atomic mass is 16.7. The van der Waals surface area contributed by atoms with Crippen LogP contribution in [0.1, 0.15) is 20.8 Å². The summed E-state index contributed by atoms with van der Waals surface area (Å²) in [6, 6.07) is 0. The van der Waals surface area contributed by atoms with E-state index in [1.807, 2.05) is 13.8 Å². The summed E-state index contributed by atoms with van der Waals surface area (Å²) in [6.45, 7) is 5.29. The maximum atomic E-state index is 11.2. The van der Waals surface area contributed by atoms with Crippen LogP contribution in [0.5, 0.6) is 0 Å². The predicted molar refractivity (Wildman–Crippen MR) is 42.4 cm³/mol. The zero-order chi connectivity index (χ0) is 9.80. The number of rotatable bonds is 1. The molecule has 0 aromatic carbocycles. The van der Waals surface area contributed by atoms with Gasteiger partial charge in [-0.15, -0.1) is 0 Å². The maximum absolute atomic E-state index is 11.2. The van der Waals surface area contributed by atoms with E-state index in [2.05, 4.69) is 0 Å². The predicted octanol–water partition coefficient (Wildman–Crippen LogP) is 0.705. The number of ether oxygens (including phenoxy) is 2. The van der Waals surface area contributed by atoms with Crippen LogP contribution in [-0.4, -0.2) is 18.2 Å². The van der Waals surface area contributed by atoms with Gasteiger partial charge in [-0.25, -0.2) is 0 Å². The highest BCUT2D eigenvalue weighted by molar-refractivity contribution is 5.81. The molecule has 13 heavy (non-hydrogen) atoms. The molecule has 2 rings (SSSR count). The Balaban J connectivity index is 2.10. The van der Waals surface area contributed by atoms with Crippen molar-refractivity contribution in [1.82, 2.24) is 0 Å². The van der Waals surface area contributed by atoms with Gasteiger partial charge in [0.05, 0.1) is 11.8 Å². The first-order valence-electron chi connectivity index (χ1n) is 4.32. The van der Waals surface area contributed by atoms with Crippen molar-refractivity contribution in [1.29, 1.82) is 0 Å². The maximum Gasteiger partial charge on any atom is 0.313 e. The van der Waals surface area contributed by atoms with Crippen molar-refractivity contribution in [2.75, 3.05) is 0 Å². The van der Waals surface area contributed by atoms with Crippen LogP contribution in [0, 0.1) is 17.3 Å². The average Bonchev–Trinajstić information content (AvgIpc) is 2.31. The summed E-state index contributed by atoms with van der Waals surface area (Å²) in [7, 11) is 0. The Morgan fingerprint density at radius 1 is 1.54 bits per heavy atom. The van der Waals surface area contributed by atoms with Gasteiger partial charge in [0, 0.05) is 6.92 Å². The molecule has 2 aliphatic rings. The van der Waals surface area contributed by atoms with Crippen LogP contribution >= 0.6 is 0 Å². The third-order valence-electron chi connectivity index (χ3n) is 2.97. The van der Waals surface area contributed by atoms with Gasteiger partial charge in [0.2, 0.25) is 0 Å². The summed E-state index contributed by atoms with van der Waals surface area (Å²) in [5.74, 6) is -0.650. The normalized spacial score (nSPS) is 39.3. The average molecular weight is 184 g/mol. The van der Waals surface area contributed by atoms with Crippen molar-refractivity contribution in [3.05, 3.63) is 0 Å². The zero-order valence-corrected chi connectivity index (χ0v) is 7.87. The molecule has 4 heteroatoms. The van der Waals surface area contributed by atoms with Gasteiger partial charge < -0.3 is 9.47 Å². The molecule has 0 aromatic heterocycles. The number of cyclic esters (lactones) is 1. The number of esters is 2. The Morgan fingerprint density at radius 3 is 2.54 bits per heavy atom. The molecule has 4 nitrogen and oxygen atoms in total. The molecule has 72 valence electrons. The van der Waals surface area contributed by atoms with Gasteiger partial charge in [-0.2, -0.15) is 0 Å². The molecule has 0 spiro atoms. The number of carbonyl (C=O) groups excluding carboxylic acids is 2. The zero-order valence-electron chi connectivity index (χ0n) is 7.87. The third kappa shape index (κ3) is 1.04. The molecule has 0 aromatic rings. The molecule has 1 heterocycles. The van der Waals surface area contributed by atoms with Gasteiger partial charge in [0.25, 0.3) is 6.29 Å². The Morgan fingerprint density at radius 2 is 2.15 bits per heavy atom. The lowest BCUT2D eigenvalue weighted by Crippen LogP contribution is -2.24. The van der Waals surface area contributed by atoms with Crippen LogP contribution < -0.4 is 0 Å². The minimum absolute atomic E-state index is 0.0592. The van der Waals surface area contributed by atoms with Crippen molar-refractivity contribution < 1.29 is 19.1 Å². The van der Waals surface area contributed by atoms with Crippen LogP contribution in [0.3, 0.4) is 0 Å². The second kappa shape index (κ2) is 2.25. The van der Waals surface area contributed by atoms with E-state index in [0.29, 0.717) is 0 Å². The molecule has 2 fully saturated rings. The first kappa shape index (κ1) is 8.53. The van der Waals surface area contributed by atoms with Crippen molar-refractivity contribution >= 4 is 11.9 Å². The van der Waals surface area contributed by atoms with Crippen LogP contribution in [0.15, 0.2) is 0 Å². The quantitative estimate of drug-likeness (QED) is 0.563. The molecule has 3 atom stereocenters. The largest absolute Gasteiger partial charge is 0.425 e. The summed E-state index contributed by atoms with van der Waals surface area (Å²) in [4.78, 5) is 21.9. The summed E-state index contributed by atoms with van der Waals surface area (Å²) in [5.41, 5.74) is -0.0601. The summed E-state index contributed by atoms with van der Waals surface area (Å²) < 4.78 is 9.78. The molecule has 0 N–H and O–H groups in total. The summed E-state index contributed by atoms with van der Waals surface area (Å²) in [5, 5.41) is 0. The summed E-state index contributed by atoms with van der Waals surface area (Å²) in [6.07, 6.45) is -0.648. The SMILES string of the molecule is CC(=O)O[C@@H]1OC(=O)[C@@H]2[C@H]1C2(C)C. The van der Waals surface area contributed by atoms with Gasteiger partial charge in [-0.3, -0.25) is 9.59 Å². The van der Waals surface area contributed by atoms with Crippen LogP contribution in [0.2, 0.25) is 0 Å². The fourth-order valence-electron chi connectivity index (χ4n) is 2.16. The molecule has 0 bridgehead atoms. The van der Waals surface area contributed by atoms with E-state index in [0.717, 1.165) is 0 Å². The molecular formula is C9H12O4. The molecule has 1 aliphatic heterocycles. The van der Waals surface area contributed by atoms with E-state index < -0.39 is 12.3 Å². The Labute approximate surface area is 76.2 Å². The van der Waals surface area contributed by atoms with E-state index in [9.17, 15) is 9.59 Å². The van der Waals surface area contributed by atoms with Crippen LogP contribution in [0.25, 0.3) is 0 Å². The van der Waals surface area contributed by atoms with Gasteiger partial charge in [-0.1, -0.05) is 13.8 Å². The number of hydrogen-bond donors (Lipinski definition) is 0. The molecule has 1 saturated heterocycles. The Bertz CT molecular complexity index is 281. The molecule has 1 saturated carbocycles. The fourth-order valence-corrected chi connectivity index (χ4v) is 2.16. The molecule has 0 radical (unpaired) electrons. The summed E-state index contributed by atoms with van der Waals surface area (Å²) >= 11 is 0. The van der Waals surface area contributed by atoms with E-state index in [4.69, 9.17) is 9.47 Å². The third-order valence-corrected chi connectivity index (χ3v) is 2.97. The van der Waals surface area contributed by atoms with Gasteiger partial charge >= 0.3 is 11.9 Å². The molecule has 1 aliphatic carbocycles. The van der Waals surface area contributed by atoms with Crippen LogP contribution in [-0.2, 0) is 19.1 Å². The number of carbonyl (C=O) groups is 2. The lowest BCUT2D eigenvalue weighted by molar-refractivity contribution is -0.184. The topological polar surface area (TPSA) is 52.6 Å². The van der Waals surface area contributed by atoms with Crippen molar-refractivity contribution in [2.24, 2.45) is 17.3 Å². The van der Waals surface area contributed by atoms with Crippen molar-refractivity contribution in [3.8, 4) is 0 Å². The second-order valence-electron chi connectivity index (χ2n) is 4.24. The Kier molecular flexibility index (Phi) is 1.47. The van der Waals surface area contributed by atoms with E-state index in [-0.39, 0.29) is 23.2 Å². The molecule has 0 amide bonds. The fraction of sp³-hybridized carbons (Fsp3) is 0.778. The Hall–Kier alpha value is -1.06. The smallest absolute Gasteiger partial charge is 0.313 e. The lowest BCUT2D eigenvalue weighted by Gasteiger charge is -2.16. The van der Waals surface area contributed by atoms with Gasteiger partial charge in [0.15, 0.2) is 0 Å². The highest BCUT2D eigenvalue weighted by Crippen LogP contribution is 2.64. The van der Waals surface area contributed by atoms with E-state index >= 15 is 0 Å². The standard InChI is InChI=1S/C9H12O4/c1-4(10)12-8-6-5(7(11)13-8)9(6,2)3/h5-6,8H,1-3H3/t5-,6+,8+/m0/s1. The minimum atomic E-state index is -0.648. The highest BCUT2D eigenvalue weighted by Gasteiger charge is 2.72. The van der Waals surface area contributed by atoms with Gasteiger partial charge in [-0.05, 0) is 5.41 Å². The van der Waals surface area contributed by atoms with Crippen LogP contribution in [0.4, 0.5) is 0 Å². The monoisotopic (exact) mass is 184 g/mol. The van der Waals surface area contributed by atoms with Crippen molar-refractivity contribution in [2.45, 2.75) is 27.1 Å². The van der Waals surface area contributed by atoms with E-state index in [1.165, 1.54) is 6.92 Å². The molecular weight excluding hydrogens is 172 g/mol. The van der Waals surface area contributed by atoms with Gasteiger partial charge in [0.1, 0.15) is 0 Å².